The van der Waals surface area contributed by atoms with Crippen molar-refractivity contribution in [3.8, 4) is 5.75 Å². The van der Waals surface area contributed by atoms with E-state index in [0.29, 0.717) is 70.6 Å². The highest BCUT2D eigenvalue weighted by molar-refractivity contribution is 7.98. The number of phenolic OH excluding ortho intramolecular Hbond substituents is 1. The number of aromatic nitrogens is 4. The third kappa shape index (κ3) is 20.6. The van der Waals surface area contributed by atoms with E-state index >= 15 is 19.2 Å². The lowest BCUT2D eigenvalue weighted by Gasteiger charge is -2.37. The number of hydrogen-bond donors (Lipinski definition) is 15. The fourth-order valence-electron chi connectivity index (χ4n) is 12.2. The molecule has 536 valence electrons. The zero-order valence-electron chi connectivity index (χ0n) is 55.2. The number of benzene rings is 4. The quantitative estimate of drug-likeness (QED) is 0.0654. The number of rotatable bonds is 15. The van der Waals surface area contributed by atoms with Gasteiger partial charge in [0.15, 0.2) is 0 Å². The minimum atomic E-state index is -2.05. The lowest BCUT2D eigenvalue weighted by Crippen LogP contribution is -2.63. The van der Waals surface area contributed by atoms with Crippen molar-refractivity contribution < 1.29 is 71.7 Å². The maximum absolute atomic E-state index is 15.2. The Morgan fingerprint density at radius 1 is 0.653 bits per heavy atom. The van der Waals surface area contributed by atoms with Gasteiger partial charge in [0.25, 0.3) is 0 Å². The number of nitrogens with zero attached hydrogens (tertiary/aromatic N) is 2. The van der Waals surface area contributed by atoms with Crippen LogP contribution in [-0.2, 0) is 89.9 Å². The number of primary amides is 1. The molecule has 32 heteroatoms. The zero-order chi connectivity index (χ0) is 72.3. The van der Waals surface area contributed by atoms with Crippen molar-refractivity contribution in [2.75, 3.05) is 31.1 Å². The molecule has 4 aromatic carbocycles. The van der Waals surface area contributed by atoms with Crippen molar-refractivity contribution in [2.24, 2.45) is 11.5 Å². The number of hydrogen-bond acceptors (Lipinski definition) is 16. The minimum Gasteiger partial charge on any atom is -0.508 e. The SMILES string of the molecule is C[C@@]12CCCN1C(=O)[C@H](Cc1cccc(O)c1)NC(=O)[C@@H](Cc1cnc[nH]1)NC(=O)[C@H](CC(=O)O)NC(=O)[C@H](Cc1c[nH]c3ccc(F)cc13)NC(=O)[C@@H](Cc1c[nH]c3ccc(F)cc13)NC(=O)CNC(=O)[C@H](CCCCN)NC(=O)CCSCc1cccc(c1)CSC[C@@H](C(N)=O)NC2=O. The number of carboxylic acid groups (broad SMARTS) is 1. The third-order valence-corrected chi connectivity index (χ3v) is 19.7. The van der Waals surface area contributed by atoms with E-state index in [1.165, 1.54) is 109 Å². The summed E-state index contributed by atoms with van der Waals surface area (Å²) in [5.41, 5.74) is 13.9. The zero-order valence-corrected chi connectivity index (χ0v) is 56.8. The van der Waals surface area contributed by atoms with E-state index in [1.807, 2.05) is 24.3 Å². The number of aromatic amines is 3. The highest BCUT2D eigenvalue weighted by atomic mass is 32.2. The first-order chi connectivity index (χ1) is 48.4. The van der Waals surface area contributed by atoms with E-state index in [1.54, 1.807) is 6.07 Å². The van der Waals surface area contributed by atoms with E-state index in [4.69, 9.17) is 11.5 Å². The van der Waals surface area contributed by atoms with Gasteiger partial charge in [0.05, 0.1) is 19.3 Å². The number of carboxylic acids is 1. The van der Waals surface area contributed by atoms with Gasteiger partial charge in [0.1, 0.15) is 65.2 Å². The Labute approximate surface area is 587 Å². The number of H-pyrrole nitrogens is 3. The number of nitrogens with two attached hydrogens (primary N) is 2. The van der Waals surface area contributed by atoms with Crippen molar-refractivity contribution in [3.63, 3.8) is 0 Å². The normalized spacial score (nSPS) is 22.7. The van der Waals surface area contributed by atoms with Crippen LogP contribution in [0.4, 0.5) is 8.78 Å². The molecule has 2 aliphatic heterocycles. The van der Waals surface area contributed by atoms with Crippen molar-refractivity contribution in [2.45, 2.75) is 137 Å². The van der Waals surface area contributed by atoms with Gasteiger partial charge in [-0.3, -0.25) is 52.7 Å². The van der Waals surface area contributed by atoms with Gasteiger partial charge >= 0.3 is 5.97 Å². The van der Waals surface area contributed by atoms with Gasteiger partial charge in [-0.25, -0.2) is 13.8 Å². The molecule has 8 atom stereocenters. The highest BCUT2D eigenvalue weighted by Crippen LogP contribution is 2.32. The number of carbonyl (C=O) groups excluding carboxylic acids is 10. The number of carbonyl (C=O) groups is 11. The number of imidazole rings is 1. The van der Waals surface area contributed by atoms with Crippen LogP contribution in [0, 0.1) is 11.6 Å². The summed E-state index contributed by atoms with van der Waals surface area (Å²) < 4.78 is 29.8. The van der Waals surface area contributed by atoms with Crippen molar-refractivity contribution in [1.82, 2.24) is 67.4 Å². The first-order valence-electron chi connectivity index (χ1n) is 32.8. The Kier molecular flexibility index (Phi) is 26.0. The van der Waals surface area contributed by atoms with Crippen LogP contribution in [0.1, 0.15) is 85.4 Å². The van der Waals surface area contributed by atoms with E-state index in [0.717, 1.165) is 17.2 Å². The number of aromatic hydroxyl groups is 1. The number of fused-ring (bicyclic) bond motifs is 5. The predicted octanol–water partition coefficient (Wildman–Crippen LogP) is 2.18. The number of halogens is 2. The molecule has 28 nitrogen and oxygen atoms in total. The molecule has 5 heterocycles. The van der Waals surface area contributed by atoms with Gasteiger partial charge in [-0.05, 0) is 122 Å². The number of aliphatic carboxylic acids is 1. The number of amides is 10. The molecule has 2 bridgehead atoms. The maximum Gasteiger partial charge on any atom is 0.305 e. The lowest BCUT2D eigenvalue weighted by atomic mass is 9.95. The van der Waals surface area contributed by atoms with Crippen LogP contribution < -0.4 is 54.0 Å². The molecule has 0 spiro atoms. The molecule has 7 aromatic rings. The molecule has 3 aromatic heterocycles. The Balaban J connectivity index is 1.06. The average molecular weight is 1430 g/mol. The second-order valence-corrected chi connectivity index (χ2v) is 27.2. The van der Waals surface area contributed by atoms with Crippen molar-refractivity contribution in [3.05, 3.63) is 155 Å². The Bertz CT molecular complexity index is 4180. The highest BCUT2D eigenvalue weighted by Gasteiger charge is 2.49. The average Bonchev–Trinajstić information content (AvgIpc) is 1.69. The van der Waals surface area contributed by atoms with Gasteiger partial charge in [-0.15, -0.1) is 0 Å². The van der Waals surface area contributed by atoms with Crippen LogP contribution in [0.3, 0.4) is 0 Å². The van der Waals surface area contributed by atoms with E-state index in [-0.39, 0.29) is 73.2 Å². The summed E-state index contributed by atoms with van der Waals surface area (Å²) in [6.07, 6.45) is 4.35. The summed E-state index contributed by atoms with van der Waals surface area (Å²) in [5, 5.41) is 42.4. The van der Waals surface area contributed by atoms with Crippen molar-refractivity contribution >= 4 is 110 Å². The largest absolute Gasteiger partial charge is 0.508 e. The molecular weight excluding hydrogens is 1350 g/mol. The molecule has 0 unspecified atom stereocenters. The molecule has 1 fully saturated rings. The topological polar surface area (TPSA) is 440 Å². The van der Waals surface area contributed by atoms with Gasteiger partial charge in [-0.1, -0.05) is 36.4 Å². The monoisotopic (exact) mass is 1430 g/mol. The molecule has 0 aliphatic carbocycles. The van der Waals surface area contributed by atoms with Gasteiger partial charge in [0.2, 0.25) is 59.1 Å². The number of thioether (sulfide) groups is 2. The summed E-state index contributed by atoms with van der Waals surface area (Å²) in [6, 6.07) is 10.0. The Morgan fingerprint density at radius 3 is 1.86 bits per heavy atom. The molecule has 10 amide bonds. The van der Waals surface area contributed by atoms with Crippen LogP contribution in [0.5, 0.6) is 5.75 Å². The molecular formula is C69H81F2N15O13S2. The summed E-state index contributed by atoms with van der Waals surface area (Å²) >= 11 is 2.78. The fourth-order valence-corrected chi connectivity index (χ4v) is 14.1. The van der Waals surface area contributed by atoms with Crippen LogP contribution in [-0.4, -0.2) is 179 Å². The standard InChI is InChI=1S/C69H81F2N15O13S2/c1-69-17-6-19-86(69)67(98)56(23-38-7-5-10-46(87)22-38)84-65(96)54(28-45-32-74-37-78-45)82-66(97)55(29-60(90)91)83-64(95)53(25-42-31-76-50-15-13-44(71)27-48(42)50)81-63(94)52(24-41-30-75-49-14-12-43(70)26-47(41)49)80-59(89)33-77-62(93)51(11-2-3-18-72)79-58(88)16-20-100-34-39-8-4-9-40(21-39)35-101-36-57(61(73)92)85-68(69)99/h4-5,7-10,12-15,21-22,26-27,30-32,37,51-57,75-76,87H,2-3,6,11,16-20,23-25,28-29,33-36,72H2,1H3,(H2,73,92)(H,74,78)(H,77,93)(H,79,88)(H,80,89)(H,81,94)(H,82,97)(H,83,95)(H,84,96)(H,85,99)(H,90,91)/t51-,52+,53-,54+,55-,56-,57-,69-/m0/s1. The smallest absolute Gasteiger partial charge is 0.305 e. The first kappa shape index (κ1) is 74.9. The van der Waals surface area contributed by atoms with E-state index < -0.39 is 144 Å². The van der Waals surface area contributed by atoms with E-state index in [2.05, 4.69) is 62.5 Å². The van der Waals surface area contributed by atoms with Gasteiger partial charge < -0.3 is 84.1 Å². The molecule has 0 saturated carbocycles. The fraction of sp³-hybridized carbons (Fsp3) is 0.391. The lowest BCUT2D eigenvalue weighted by molar-refractivity contribution is -0.147. The first-order valence-corrected chi connectivity index (χ1v) is 35.2. The molecule has 101 heavy (non-hydrogen) atoms. The molecule has 2 aliphatic rings. The third-order valence-electron chi connectivity index (χ3n) is 17.5. The van der Waals surface area contributed by atoms with Crippen LogP contribution in [0.25, 0.3) is 21.8 Å². The second-order valence-electron chi connectivity index (χ2n) is 25.1. The summed E-state index contributed by atoms with van der Waals surface area (Å²) in [6.45, 7) is 1.07. The summed E-state index contributed by atoms with van der Waals surface area (Å²) in [5.74, 6) is -10.8. The summed E-state index contributed by atoms with van der Waals surface area (Å²) in [7, 11) is 0. The number of phenols is 1. The Hall–Kier alpha value is -10.3. The van der Waals surface area contributed by atoms with Crippen LogP contribution in [0.15, 0.2) is 110 Å². The number of nitrogens with one attached hydrogen (secondary N) is 11. The molecule has 9 rings (SSSR count). The Morgan fingerprint density at radius 2 is 1.25 bits per heavy atom. The van der Waals surface area contributed by atoms with Crippen LogP contribution >= 0.6 is 23.5 Å². The minimum absolute atomic E-state index is 0.00564. The predicted molar refractivity (Wildman–Crippen MR) is 372 cm³/mol. The second kappa shape index (κ2) is 35.1. The van der Waals surface area contributed by atoms with E-state index in [9.17, 15) is 52.6 Å². The molecule has 0 radical (unpaired) electrons. The van der Waals surface area contributed by atoms with Gasteiger partial charge in [-0.2, -0.15) is 23.5 Å². The summed E-state index contributed by atoms with van der Waals surface area (Å²) in [4.78, 5) is 171. The van der Waals surface area contributed by atoms with Crippen LogP contribution in [0.2, 0.25) is 0 Å². The molecule has 17 N–H and O–H groups in total. The number of unbranched alkanes of at least 4 members (excludes halogenated alkanes) is 1. The molecule has 1 saturated heterocycles. The van der Waals surface area contributed by atoms with Crippen molar-refractivity contribution in [1.29, 1.82) is 0 Å². The maximum atomic E-state index is 15.2. The van der Waals surface area contributed by atoms with Gasteiger partial charge in [0, 0.05) is 108 Å².